The van der Waals surface area contributed by atoms with Crippen molar-refractivity contribution in [2.75, 3.05) is 6.54 Å². The number of aryl methyl sites for hydroxylation is 2. The highest BCUT2D eigenvalue weighted by Crippen LogP contribution is 2.18. The van der Waals surface area contributed by atoms with Gasteiger partial charge < -0.3 is 10.6 Å². The van der Waals surface area contributed by atoms with Crippen LogP contribution in [0.25, 0.3) is 5.69 Å². The van der Waals surface area contributed by atoms with E-state index >= 15 is 0 Å². The fourth-order valence-corrected chi connectivity index (χ4v) is 3.27. The van der Waals surface area contributed by atoms with Gasteiger partial charge in [-0.2, -0.15) is 5.10 Å². The number of aromatic nitrogens is 2. The Morgan fingerprint density at radius 1 is 1.29 bits per heavy atom. The van der Waals surface area contributed by atoms with Crippen molar-refractivity contribution in [3.05, 3.63) is 47.3 Å². The van der Waals surface area contributed by atoms with Crippen LogP contribution in [0.4, 0.5) is 0 Å². The predicted octanol–water partition coefficient (Wildman–Crippen LogP) is 2.81. The molecule has 1 amide bonds. The molecular formula is C19H26N4O. The summed E-state index contributed by atoms with van der Waals surface area (Å²) in [6.07, 6.45) is 3.21. The first-order valence-corrected chi connectivity index (χ1v) is 8.72. The van der Waals surface area contributed by atoms with E-state index in [9.17, 15) is 4.79 Å². The van der Waals surface area contributed by atoms with Gasteiger partial charge >= 0.3 is 0 Å². The Bertz CT molecular complexity index is 699. The first-order valence-electron chi connectivity index (χ1n) is 8.72. The van der Waals surface area contributed by atoms with Gasteiger partial charge in [0, 0.05) is 5.69 Å². The van der Waals surface area contributed by atoms with Crippen LogP contribution in [-0.2, 0) is 4.79 Å². The third-order valence-electron chi connectivity index (χ3n) is 4.63. The molecule has 2 aromatic rings. The normalized spacial score (nSPS) is 19.0. The zero-order valence-electron chi connectivity index (χ0n) is 14.7. The van der Waals surface area contributed by atoms with Crippen molar-refractivity contribution < 1.29 is 4.79 Å². The summed E-state index contributed by atoms with van der Waals surface area (Å²) < 4.78 is 1.94. The Morgan fingerprint density at radius 2 is 2.04 bits per heavy atom. The van der Waals surface area contributed by atoms with Gasteiger partial charge in [0.05, 0.1) is 23.5 Å². The van der Waals surface area contributed by atoms with Gasteiger partial charge in [0.15, 0.2) is 0 Å². The van der Waals surface area contributed by atoms with E-state index in [0.29, 0.717) is 0 Å². The van der Waals surface area contributed by atoms with Gasteiger partial charge in [-0.1, -0.05) is 18.6 Å². The highest BCUT2D eigenvalue weighted by atomic mass is 16.2. The highest BCUT2D eigenvalue weighted by molar-refractivity contribution is 5.82. The monoisotopic (exact) mass is 326 g/mol. The molecule has 0 radical (unpaired) electrons. The van der Waals surface area contributed by atoms with Gasteiger partial charge in [0.2, 0.25) is 5.91 Å². The standard InChI is InChI=1S/C19H26N4O/c1-13-12-14(2)23(22-13)17-9-7-16(8-10-17)15(3)21-19(24)18-6-4-5-11-20-18/h7-10,12,15,18,20H,4-6,11H2,1-3H3,(H,21,24)/t15?,18-/m1/s1. The van der Waals surface area contributed by atoms with Gasteiger partial charge in [-0.3, -0.25) is 4.79 Å². The molecule has 1 aromatic carbocycles. The Kier molecular flexibility index (Phi) is 5.00. The van der Waals surface area contributed by atoms with Gasteiger partial charge in [-0.15, -0.1) is 0 Å². The number of nitrogens with one attached hydrogen (secondary N) is 2. The maximum atomic E-state index is 12.3. The zero-order chi connectivity index (χ0) is 17.1. The van der Waals surface area contributed by atoms with Crippen LogP contribution < -0.4 is 10.6 Å². The van der Waals surface area contributed by atoms with Crippen LogP contribution in [0.1, 0.15) is 49.2 Å². The topological polar surface area (TPSA) is 59.0 Å². The van der Waals surface area contributed by atoms with Crippen LogP contribution in [0.5, 0.6) is 0 Å². The molecule has 1 aliphatic heterocycles. The third-order valence-corrected chi connectivity index (χ3v) is 4.63. The lowest BCUT2D eigenvalue weighted by Crippen LogP contribution is -2.47. The molecule has 0 spiro atoms. The van der Waals surface area contributed by atoms with E-state index in [1.54, 1.807) is 0 Å². The van der Waals surface area contributed by atoms with Crippen LogP contribution in [0, 0.1) is 13.8 Å². The molecular weight excluding hydrogens is 300 g/mol. The molecule has 24 heavy (non-hydrogen) atoms. The van der Waals surface area contributed by atoms with Crippen LogP contribution in [0.15, 0.2) is 30.3 Å². The quantitative estimate of drug-likeness (QED) is 0.908. The van der Waals surface area contributed by atoms with Crippen molar-refractivity contribution >= 4 is 5.91 Å². The maximum Gasteiger partial charge on any atom is 0.237 e. The SMILES string of the molecule is Cc1cc(C)n(-c2ccc(C(C)NC(=O)[C@H]3CCCCN3)cc2)n1. The van der Waals surface area contributed by atoms with Crippen LogP contribution in [-0.4, -0.2) is 28.3 Å². The fraction of sp³-hybridized carbons (Fsp3) is 0.474. The third kappa shape index (κ3) is 3.67. The molecule has 1 unspecified atom stereocenters. The second kappa shape index (κ2) is 7.18. The Morgan fingerprint density at radius 3 is 2.62 bits per heavy atom. The summed E-state index contributed by atoms with van der Waals surface area (Å²) >= 11 is 0. The number of piperidine rings is 1. The molecule has 1 aromatic heterocycles. The van der Waals surface area contributed by atoms with Crippen molar-refractivity contribution in [1.82, 2.24) is 20.4 Å². The summed E-state index contributed by atoms with van der Waals surface area (Å²) in [5, 5.41) is 10.9. The smallest absolute Gasteiger partial charge is 0.237 e. The van der Waals surface area contributed by atoms with Crippen molar-refractivity contribution in [1.29, 1.82) is 0 Å². The summed E-state index contributed by atoms with van der Waals surface area (Å²) in [6.45, 7) is 7.01. The minimum Gasteiger partial charge on any atom is -0.348 e. The van der Waals surface area contributed by atoms with E-state index < -0.39 is 0 Å². The molecule has 1 fully saturated rings. The molecule has 128 valence electrons. The zero-order valence-corrected chi connectivity index (χ0v) is 14.7. The number of hydrogen-bond acceptors (Lipinski definition) is 3. The van der Waals surface area contributed by atoms with E-state index in [-0.39, 0.29) is 18.0 Å². The number of rotatable bonds is 4. The Labute approximate surface area is 143 Å². The molecule has 2 N–H and O–H groups in total. The molecule has 1 aliphatic rings. The Balaban J connectivity index is 1.66. The number of amides is 1. The van der Waals surface area contributed by atoms with Crippen molar-refractivity contribution in [2.24, 2.45) is 0 Å². The summed E-state index contributed by atoms with van der Waals surface area (Å²) in [5.74, 6) is 0.102. The fourth-order valence-electron chi connectivity index (χ4n) is 3.27. The minimum absolute atomic E-state index is 0.00395. The number of nitrogens with zero attached hydrogens (tertiary/aromatic N) is 2. The van der Waals surface area contributed by atoms with Crippen molar-refractivity contribution in [2.45, 2.75) is 52.1 Å². The molecule has 0 aliphatic carbocycles. The molecule has 0 saturated carbocycles. The minimum atomic E-state index is -0.0461. The van der Waals surface area contributed by atoms with E-state index in [4.69, 9.17) is 0 Å². The molecule has 2 atom stereocenters. The van der Waals surface area contributed by atoms with Gasteiger partial charge in [0.25, 0.3) is 0 Å². The molecule has 0 bridgehead atoms. The molecule has 5 heteroatoms. The van der Waals surface area contributed by atoms with E-state index in [1.807, 2.05) is 25.5 Å². The van der Waals surface area contributed by atoms with Gasteiger partial charge in [-0.05, 0) is 63.9 Å². The molecule has 2 heterocycles. The maximum absolute atomic E-state index is 12.3. The second-order valence-corrected chi connectivity index (χ2v) is 6.66. The van der Waals surface area contributed by atoms with E-state index in [1.165, 1.54) is 0 Å². The summed E-state index contributed by atoms with van der Waals surface area (Å²) in [5.41, 5.74) is 4.27. The van der Waals surface area contributed by atoms with Gasteiger partial charge in [-0.25, -0.2) is 4.68 Å². The summed E-state index contributed by atoms with van der Waals surface area (Å²) in [4.78, 5) is 12.3. The predicted molar refractivity (Wildman–Crippen MR) is 95.2 cm³/mol. The van der Waals surface area contributed by atoms with Crippen molar-refractivity contribution in [3.63, 3.8) is 0 Å². The summed E-state index contributed by atoms with van der Waals surface area (Å²) in [7, 11) is 0. The number of carbonyl (C=O) groups excluding carboxylic acids is 1. The van der Waals surface area contributed by atoms with Crippen LogP contribution >= 0.6 is 0 Å². The molecule has 3 rings (SSSR count). The second-order valence-electron chi connectivity index (χ2n) is 6.66. The van der Waals surface area contributed by atoms with Crippen LogP contribution in [0.2, 0.25) is 0 Å². The lowest BCUT2D eigenvalue weighted by atomic mass is 10.0. The lowest BCUT2D eigenvalue weighted by Gasteiger charge is -2.24. The largest absolute Gasteiger partial charge is 0.348 e. The number of hydrogen-bond donors (Lipinski definition) is 2. The van der Waals surface area contributed by atoms with Crippen LogP contribution in [0.3, 0.4) is 0 Å². The molecule has 1 saturated heterocycles. The summed E-state index contributed by atoms with van der Waals surface area (Å²) in [6, 6.07) is 10.2. The number of benzene rings is 1. The highest BCUT2D eigenvalue weighted by Gasteiger charge is 2.22. The van der Waals surface area contributed by atoms with E-state index in [0.717, 1.165) is 48.4 Å². The average Bonchev–Trinajstić information content (AvgIpc) is 2.94. The lowest BCUT2D eigenvalue weighted by molar-refractivity contribution is -0.124. The Hall–Kier alpha value is -2.14. The first-order chi connectivity index (χ1) is 11.5. The average molecular weight is 326 g/mol. The number of carbonyl (C=O) groups is 1. The van der Waals surface area contributed by atoms with Crippen molar-refractivity contribution in [3.8, 4) is 5.69 Å². The van der Waals surface area contributed by atoms with E-state index in [2.05, 4.69) is 46.1 Å². The molecule has 5 nitrogen and oxygen atoms in total. The first kappa shape index (κ1) is 16.7. The van der Waals surface area contributed by atoms with Gasteiger partial charge in [0.1, 0.15) is 0 Å².